The molecule has 1 N–H and O–H groups in total. The van der Waals surface area contributed by atoms with Gasteiger partial charge in [-0.3, -0.25) is 4.79 Å². The zero-order valence-corrected chi connectivity index (χ0v) is 21.1. The normalized spacial score (nSPS) is 17.6. The summed E-state index contributed by atoms with van der Waals surface area (Å²) >= 11 is 0. The largest absolute Gasteiger partial charge is 0.496 e. The molecular formula is C27H36N2O4S. The highest BCUT2D eigenvalue weighted by molar-refractivity contribution is 7.89. The number of methoxy groups -OCH3 is 1. The maximum atomic E-state index is 13.1. The van der Waals surface area contributed by atoms with Crippen molar-refractivity contribution in [2.24, 2.45) is 0 Å². The highest BCUT2D eigenvalue weighted by atomic mass is 32.2. The van der Waals surface area contributed by atoms with E-state index in [1.807, 2.05) is 6.92 Å². The minimum Gasteiger partial charge on any atom is -0.496 e. The van der Waals surface area contributed by atoms with Crippen molar-refractivity contribution < 1.29 is 17.9 Å². The van der Waals surface area contributed by atoms with Gasteiger partial charge in [0.25, 0.3) is 0 Å². The van der Waals surface area contributed by atoms with E-state index < -0.39 is 10.0 Å². The minimum absolute atomic E-state index is 0.0587. The summed E-state index contributed by atoms with van der Waals surface area (Å²) in [4.78, 5) is 13.0. The lowest BCUT2D eigenvalue weighted by Crippen LogP contribution is -2.35. The quantitative estimate of drug-likeness (QED) is 0.596. The Morgan fingerprint density at radius 3 is 2.47 bits per heavy atom. The number of ether oxygens (including phenoxy) is 1. The molecule has 1 fully saturated rings. The molecule has 0 bridgehead atoms. The topological polar surface area (TPSA) is 75.7 Å². The van der Waals surface area contributed by atoms with Gasteiger partial charge in [0, 0.05) is 19.5 Å². The van der Waals surface area contributed by atoms with Gasteiger partial charge in [0.15, 0.2) is 0 Å². The molecule has 1 aliphatic carbocycles. The van der Waals surface area contributed by atoms with Crippen molar-refractivity contribution in [2.75, 3.05) is 20.2 Å². The van der Waals surface area contributed by atoms with E-state index in [0.29, 0.717) is 25.3 Å². The maximum absolute atomic E-state index is 13.1. The third kappa shape index (κ3) is 5.63. The molecule has 0 spiro atoms. The van der Waals surface area contributed by atoms with Crippen LogP contribution in [0, 0.1) is 0 Å². The summed E-state index contributed by atoms with van der Waals surface area (Å²) in [5.41, 5.74) is 4.69. The number of hydrogen-bond acceptors (Lipinski definition) is 4. The molecule has 34 heavy (non-hydrogen) atoms. The number of piperidine rings is 1. The molecule has 2 aromatic rings. The summed E-state index contributed by atoms with van der Waals surface area (Å²) in [6, 6.07) is 11.4. The van der Waals surface area contributed by atoms with Crippen LogP contribution in [0.1, 0.15) is 73.7 Å². The highest BCUT2D eigenvalue weighted by Gasteiger charge is 2.26. The zero-order valence-electron chi connectivity index (χ0n) is 20.3. The van der Waals surface area contributed by atoms with Crippen LogP contribution in [0.3, 0.4) is 0 Å². The van der Waals surface area contributed by atoms with Crippen LogP contribution in [-0.4, -0.2) is 38.8 Å². The Labute approximate surface area is 203 Å². The Kier molecular flexibility index (Phi) is 7.94. The fourth-order valence-corrected chi connectivity index (χ4v) is 6.60. The molecule has 1 saturated heterocycles. The van der Waals surface area contributed by atoms with Gasteiger partial charge in [0.2, 0.25) is 15.9 Å². The summed E-state index contributed by atoms with van der Waals surface area (Å²) in [5.74, 6) is 0.546. The number of fused-ring (bicyclic) bond motifs is 1. The number of aryl methyl sites for hydroxylation is 3. The van der Waals surface area contributed by atoms with Gasteiger partial charge in [-0.1, -0.05) is 24.6 Å². The molecule has 0 saturated carbocycles. The molecule has 1 unspecified atom stereocenters. The third-order valence-electron chi connectivity index (χ3n) is 7.08. The SMILES string of the molecule is COc1ccc(S(=O)(=O)N2CCCCC2)cc1CCC(=O)NC(C)c1ccc2c(c1)CCCC2. The second kappa shape index (κ2) is 10.9. The van der Waals surface area contributed by atoms with Crippen molar-refractivity contribution >= 4 is 15.9 Å². The molecule has 6 nitrogen and oxygen atoms in total. The first-order valence-electron chi connectivity index (χ1n) is 12.5. The smallest absolute Gasteiger partial charge is 0.243 e. The van der Waals surface area contributed by atoms with Crippen LogP contribution in [-0.2, 0) is 34.1 Å². The zero-order chi connectivity index (χ0) is 24.1. The molecular weight excluding hydrogens is 448 g/mol. The van der Waals surface area contributed by atoms with E-state index in [4.69, 9.17) is 4.74 Å². The van der Waals surface area contributed by atoms with E-state index in [2.05, 4.69) is 23.5 Å². The van der Waals surface area contributed by atoms with Crippen molar-refractivity contribution in [2.45, 2.75) is 75.6 Å². The number of sulfonamides is 1. The van der Waals surface area contributed by atoms with Crippen molar-refractivity contribution in [3.8, 4) is 5.75 Å². The molecule has 184 valence electrons. The van der Waals surface area contributed by atoms with Crippen LogP contribution < -0.4 is 10.1 Å². The van der Waals surface area contributed by atoms with Crippen LogP contribution in [0.15, 0.2) is 41.3 Å². The predicted octanol–water partition coefficient (Wildman–Crippen LogP) is 4.56. The summed E-state index contributed by atoms with van der Waals surface area (Å²) in [6.07, 6.45) is 8.27. The van der Waals surface area contributed by atoms with Gasteiger partial charge in [-0.25, -0.2) is 8.42 Å². The number of nitrogens with zero attached hydrogens (tertiary/aromatic N) is 1. The van der Waals surface area contributed by atoms with E-state index in [1.54, 1.807) is 29.6 Å². The molecule has 4 rings (SSSR count). The van der Waals surface area contributed by atoms with E-state index in [0.717, 1.165) is 43.2 Å². The number of hydrogen-bond donors (Lipinski definition) is 1. The van der Waals surface area contributed by atoms with Gasteiger partial charge in [-0.15, -0.1) is 0 Å². The lowest BCUT2D eigenvalue weighted by molar-refractivity contribution is -0.121. The lowest BCUT2D eigenvalue weighted by atomic mass is 9.89. The first-order valence-corrected chi connectivity index (χ1v) is 13.9. The summed E-state index contributed by atoms with van der Waals surface area (Å²) < 4.78 is 33.2. The van der Waals surface area contributed by atoms with Crippen molar-refractivity contribution in [1.29, 1.82) is 0 Å². The van der Waals surface area contributed by atoms with Gasteiger partial charge >= 0.3 is 0 Å². The number of carbonyl (C=O) groups excluding carboxylic acids is 1. The average molecular weight is 485 g/mol. The Hall–Kier alpha value is -2.38. The summed E-state index contributed by atoms with van der Waals surface area (Å²) in [6.45, 7) is 3.13. The first-order chi connectivity index (χ1) is 16.4. The molecule has 1 amide bonds. The van der Waals surface area contributed by atoms with Gasteiger partial charge in [0.1, 0.15) is 5.75 Å². The molecule has 1 atom stereocenters. The lowest BCUT2D eigenvalue weighted by Gasteiger charge is -2.26. The summed E-state index contributed by atoms with van der Waals surface area (Å²) in [5, 5.41) is 3.10. The van der Waals surface area contributed by atoms with Crippen LogP contribution in [0.25, 0.3) is 0 Å². The Morgan fingerprint density at radius 1 is 1.00 bits per heavy atom. The Balaban J connectivity index is 1.41. The van der Waals surface area contributed by atoms with Crippen LogP contribution in [0.4, 0.5) is 0 Å². The van der Waals surface area contributed by atoms with Gasteiger partial charge in [-0.2, -0.15) is 4.31 Å². The standard InChI is InChI=1S/C27H36N2O4S/c1-20(22-11-10-21-8-4-5-9-23(21)18-22)28-27(30)15-12-24-19-25(13-14-26(24)33-2)34(31,32)29-16-6-3-7-17-29/h10-11,13-14,18-20H,3-9,12,15-17H2,1-2H3,(H,28,30). The fraction of sp³-hybridized carbons (Fsp3) is 0.519. The molecule has 7 heteroatoms. The molecule has 2 aromatic carbocycles. The van der Waals surface area contributed by atoms with E-state index in [9.17, 15) is 13.2 Å². The van der Waals surface area contributed by atoms with Crippen molar-refractivity contribution in [3.63, 3.8) is 0 Å². The van der Waals surface area contributed by atoms with Crippen LogP contribution in [0.5, 0.6) is 5.75 Å². The van der Waals surface area contributed by atoms with Crippen molar-refractivity contribution in [1.82, 2.24) is 9.62 Å². The molecule has 0 radical (unpaired) electrons. The van der Waals surface area contributed by atoms with Crippen molar-refractivity contribution in [3.05, 3.63) is 58.7 Å². The molecule has 1 aliphatic heterocycles. The van der Waals surface area contributed by atoms with Gasteiger partial charge in [-0.05, 0) is 92.3 Å². The third-order valence-corrected chi connectivity index (χ3v) is 8.97. The molecule has 0 aromatic heterocycles. The second-order valence-electron chi connectivity index (χ2n) is 9.46. The summed E-state index contributed by atoms with van der Waals surface area (Å²) in [7, 11) is -1.97. The van der Waals surface area contributed by atoms with E-state index in [-0.39, 0.29) is 23.3 Å². The number of nitrogens with one attached hydrogen (secondary N) is 1. The highest BCUT2D eigenvalue weighted by Crippen LogP contribution is 2.28. The van der Waals surface area contributed by atoms with Crippen LogP contribution in [0.2, 0.25) is 0 Å². The molecule has 1 heterocycles. The first kappa shape index (κ1) is 24.7. The predicted molar refractivity (Wildman–Crippen MR) is 134 cm³/mol. The minimum atomic E-state index is -3.53. The Bertz CT molecular complexity index is 1120. The monoisotopic (exact) mass is 484 g/mol. The maximum Gasteiger partial charge on any atom is 0.243 e. The number of carbonyl (C=O) groups is 1. The van der Waals surface area contributed by atoms with Gasteiger partial charge < -0.3 is 10.1 Å². The number of rotatable bonds is 8. The molecule has 2 aliphatic rings. The van der Waals surface area contributed by atoms with E-state index in [1.165, 1.54) is 24.0 Å². The van der Waals surface area contributed by atoms with Crippen LogP contribution >= 0.6 is 0 Å². The van der Waals surface area contributed by atoms with Gasteiger partial charge in [0.05, 0.1) is 18.0 Å². The van der Waals surface area contributed by atoms with E-state index >= 15 is 0 Å². The average Bonchev–Trinajstić information content (AvgIpc) is 2.87. The number of benzene rings is 2. The second-order valence-corrected chi connectivity index (χ2v) is 11.4. The fourth-order valence-electron chi connectivity index (χ4n) is 5.03. The Morgan fingerprint density at radius 2 is 1.74 bits per heavy atom. The number of amides is 1.